The van der Waals surface area contributed by atoms with Crippen molar-refractivity contribution in [2.45, 2.75) is 38.5 Å². The summed E-state index contributed by atoms with van der Waals surface area (Å²) in [6.45, 7) is 4.55. The summed E-state index contributed by atoms with van der Waals surface area (Å²) < 4.78 is 5.48. The van der Waals surface area contributed by atoms with Gasteiger partial charge in [0.15, 0.2) is 0 Å². The Balaban J connectivity index is 1.89. The minimum atomic E-state index is -0.713. The van der Waals surface area contributed by atoms with Crippen molar-refractivity contribution < 1.29 is 14.3 Å². The molecule has 3 rings (SSSR count). The highest BCUT2D eigenvalue weighted by molar-refractivity contribution is 6.02. The van der Waals surface area contributed by atoms with Crippen LogP contribution in [0.15, 0.2) is 60.7 Å². The normalized spacial score (nSPS) is 22.6. The highest BCUT2D eigenvalue weighted by atomic mass is 16.5. The summed E-state index contributed by atoms with van der Waals surface area (Å²) in [4.78, 5) is 25.5. The second kappa shape index (κ2) is 8.31. The van der Waals surface area contributed by atoms with Gasteiger partial charge >= 0.3 is 5.97 Å². The highest BCUT2D eigenvalue weighted by Gasteiger charge is 2.48. The first kappa shape index (κ1) is 18.4. The largest absolute Gasteiger partial charge is 0.465 e. The van der Waals surface area contributed by atoms with Crippen LogP contribution in [0.4, 0.5) is 0 Å². The molecule has 136 valence electrons. The van der Waals surface area contributed by atoms with Gasteiger partial charge in [-0.05, 0) is 29.4 Å². The molecular formula is C23H26O3. The minimum absolute atomic E-state index is 0.00810. The zero-order valence-corrected chi connectivity index (χ0v) is 15.4. The molecule has 0 heterocycles. The van der Waals surface area contributed by atoms with Crippen LogP contribution in [0.25, 0.3) is 0 Å². The molecule has 0 aromatic heterocycles. The van der Waals surface area contributed by atoms with Gasteiger partial charge in [0.2, 0.25) is 0 Å². The number of esters is 1. The van der Waals surface area contributed by atoms with Crippen molar-refractivity contribution in [1.82, 2.24) is 0 Å². The van der Waals surface area contributed by atoms with Crippen molar-refractivity contribution >= 4 is 11.8 Å². The highest BCUT2D eigenvalue weighted by Crippen LogP contribution is 2.48. The van der Waals surface area contributed by atoms with Gasteiger partial charge in [0.25, 0.3) is 0 Å². The molecular weight excluding hydrogens is 324 g/mol. The lowest BCUT2D eigenvalue weighted by molar-refractivity contribution is -0.151. The average Bonchev–Trinajstić information content (AvgIpc) is 3.00. The van der Waals surface area contributed by atoms with Crippen LogP contribution in [0.2, 0.25) is 0 Å². The Morgan fingerprint density at radius 1 is 1.00 bits per heavy atom. The Morgan fingerprint density at radius 2 is 1.58 bits per heavy atom. The summed E-state index contributed by atoms with van der Waals surface area (Å²) >= 11 is 0. The van der Waals surface area contributed by atoms with Crippen LogP contribution >= 0.6 is 0 Å². The number of ether oxygens (including phenoxy) is 1. The fourth-order valence-corrected chi connectivity index (χ4v) is 3.79. The van der Waals surface area contributed by atoms with Gasteiger partial charge in [-0.25, -0.2) is 0 Å². The summed E-state index contributed by atoms with van der Waals surface area (Å²) in [7, 11) is 0. The van der Waals surface area contributed by atoms with Crippen molar-refractivity contribution in [2.75, 3.05) is 6.61 Å². The van der Waals surface area contributed by atoms with E-state index in [0.29, 0.717) is 18.9 Å². The number of rotatable bonds is 6. The molecule has 1 saturated carbocycles. The third kappa shape index (κ3) is 4.04. The molecule has 3 atom stereocenters. The Hall–Kier alpha value is -2.42. The second-order valence-corrected chi connectivity index (χ2v) is 7.45. The second-order valence-electron chi connectivity index (χ2n) is 7.45. The van der Waals surface area contributed by atoms with E-state index in [1.54, 1.807) is 0 Å². The lowest BCUT2D eigenvalue weighted by atomic mass is 9.80. The van der Waals surface area contributed by atoms with Gasteiger partial charge in [-0.3, -0.25) is 9.59 Å². The summed E-state index contributed by atoms with van der Waals surface area (Å²) in [6.07, 6.45) is 1.19. The molecule has 3 heteroatoms. The molecule has 1 aliphatic carbocycles. The first-order valence-corrected chi connectivity index (χ1v) is 9.37. The number of hydrogen-bond donors (Lipinski definition) is 0. The molecule has 0 aliphatic heterocycles. The van der Waals surface area contributed by atoms with Crippen LogP contribution < -0.4 is 0 Å². The van der Waals surface area contributed by atoms with Crippen LogP contribution in [-0.4, -0.2) is 18.4 Å². The van der Waals surface area contributed by atoms with E-state index in [1.807, 2.05) is 60.7 Å². The molecule has 3 nitrogen and oxygen atoms in total. The van der Waals surface area contributed by atoms with Gasteiger partial charge < -0.3 is 4.74 Å². The van der Waals surface area contributed by atoms with E-state index in [0.717, 1.165) is 17.5 Å². The van der Waals surface area contributed by atoms with E-state index in [2.05, 4.69) is 13.8 Å². The molecule has 2 aromatic carbocycles. The van der Waals surface area contributed by atoms with Crippen molar-refractivity contribution in [3.05, 3.63) is 71.8 Å². The maximum absolute atomic E-state index is 12.8. The quantitative estimate of drug-likeness (QED) is 0.559. The van der Waals surface area contributed by atoms with Gasteiger partial charge in [0.1, 0.15) is 11.7 Å². The van der Waals surface area contributed by atoms with Crippen molar-refractivity contribution in [1.29, 1.82) is 0 Å². The van der Waals surface area contributed by atoms with Crippen LogP contribution in [-0.2, 0) is 14.3 Å². The zero-order valence-electron chi connectivity index (χ0n) is 15.4. The fraction of sp³-hybridized carbons (Fsp3) is 0.391. The van der Waals surface area contributed by atoms with Crippen LogP contribution in [0, 0.1) is 11.8 Å². The Kier molecular flexibility index (Phi) is 5.87. The maximum Gasteiger partial charge on any atom is 0.317 e. The van der Waals surface area contributed by atoms with Gasteiger partial charge in [-0.15, -0.1) is 0 Å². The number of carbonyl (C=O) groups excluding carboxylic acids is 2. The Bertz CT molecular complexity index is 737. The van der Waals surface area contributed by atoms with E-state index in [-0.39, 0.29) is 23.6 Å². The van der Waals surface area contributed by atoms with Gasteiger partial charge in [-0.1, -0.05) is 74.5 Å². The number of Topliss-reactive ketones (excluding diaryl/α,β-unsaturated/α-hetero) is 1. The summed E-state index contributed by atoms with van der Waals surface area (Å²) in [5, 5.41) is 0. The monoisotopic (exact) mass is 350 g/mol. The molecule has 0 saturated heterocycles. The number of hydrogen-bond acceptors (Lipinski definition) is 3. The first-order valence-electron chi connectivity index (χ1n) is 9.37. The van der Waals surface area contributed by atoms with Crippen molar-refractivity contribution in [2.24, 2.45) is 11.8 Å². The molecule has 26 heavy (non-hydrogen) atoms. The summed E-state index contributed by atoms with van der Waals surface area (Å²) in [6, 6.07) is 19.9. The Morgan fingerprint density at radius 3 is 2.15 bits per heavy atom. The van der Waals surface area contributed by atoms with Crippen LogP contribution in [0.1, 0.15) is 49.7 Å². The molecule has 2 aromatic rings. The Labute approximate surface area is 155 Å². The SMILES string of the molecule is CC(C)CCOC(=O)[C@@H]1C(=O)C[C@@H](c2ccccc2)[C@H]1c1ccccc1. The predicted molar refractivity (Wildman–Crippen MR) is 102 cm³/mol. The topological polar surface area (TPSA) is 43.4 Å². The molecule has 0 radical (unpaired) electrons. The lowest BCUT2D eigenvalue weighted by Crippen LogP contribution is -2.27. The smallest absolute Gasteiger partial charge is 0.317 e. The molecule has 0 N–H and O–H groups in total. The zero-order chi connectivity index (χ0) is 18.5. The van der Waals surface area contributed by atoms with Gasteiger partial charge in [0, 0.05) is 12.3 Å². The lowest BCUT2D eigenvalue weighted by Gasteiger charge is -2.24. The minimum Gasteiger partial charge on any atom is -0.465 e. The average molecular weight is 350 g/mol. The molecule has 1 aliphatic rings. The molecule has 0 unspecified atom stereocenters. The van der Waals surface area contributed by atoms with Gasteiger partial charge in [-0.2, -0.15) is 0 Å². The molecule has 0 bridgehead atoms. The third-order valence-corrected chi connectivity index (χ3v) is 5.17. The molecule has 0 amide bonds. The predicted octanol–water partition coefficient (Wildman–Crippen LogP) is 4.73. The van der Waals surface area contributed by atoms with E-state index < -0.39 is 5.92 Å². The van der Waals surface area contributed by atoms with E-state index in [1.165, 1.54) is 0 Å². The number of benzene rings is 2. The van der Waals surface area contributed by atoms with Gasteiger partial charge in [0.05, 0.1) is 6.61 Å². The van der Waals surface area contributed by atoms with E-state index in [4.69, 9.17) is 4.74 Å². The number of ketones is 1. The molecule has 0 spiro atoms. The van der Waals surface area contributed by atoms with E-state index in [9.17, 15) is 9.59 Å². The third-order valence-electron chi connectivity index (χ3n) is 5.17. The van der Waals surface area contributed by atoms with Crippen molar-refractivity contribution in [3.63, 3.8) is 0 Å². The first-order chi connectivity index (χ1) is 12.6. The standard InChI is InChI=1S/C23H26O3/c1-16(2)13-14-26-23(25)22-20(24)15-19(17-9-5-3-6-10-17)21(22)18-11-7-4-8-12-18/h3-12,16,19,21-22H,13-15H2,1-2H3/t19-,21+,22+/m0/s1. The summed E-state index contributed by atoms with van der Waals surface area (Å²) in [5.74, 6) is -0.796. The number of carbonyl (C=O) groups is 2. The van der Waals surface area contributed by atoms with Crippen LogP contribution in [0.3, 0.4) is 0 Å². The van der Waals surface area contributed by atoms with E-state index >= 15 is 0 Å². The van der Waals surface area contributed by atoms with Crippen LogP contribution in [0.5, 0.6) is 0 Å². The molecule has 1 fully saturated rings. The fourth-order valence-electron chi connectivity index (χ4n) is 3.79. The maximum atomic E-state index is 12.8. The summed E-state index contributed by atoms with van der Waals surface area (Å²) in [5.41, 5.74) is 2.13. The van der Waals surface area contributed by atoms with Crippen molar-refractivity contribution in [3.8, 4) is 0 Å².